The Balaban J connectivity index is 1.76. The summed E-state index contributed by atoms with van der Waals surface area (Å²) in [5.74, 6) is 0.102. The van der Waals surface area contributed by atoms with Crippen molar-refractivity contribution in [3.63, 3.8) is 0 Å². The number of nitrogens with one attached hydrogen (secondary N) is 2. The third kappa shape index (κ3) is 3.92. The van der Waals surface area contributed by atoms with Crippen LogP contribution in [0, 0.1) is 13.8 Å². The minimum Gasteiger partial charge on any atom is -0.361 e. The Bertz CT molecular complexity index is 649. The topological polar surface area (TPSA) is 84.2 Å². The van der Waals surface area contributed by atoms with Gasteiger partial charge >= 0.3 is 0 Å². The van der Waals surface area contributed by atoms with Crippen LogP contribution in [-0.4, -0.2) is 30.1 Å². The van der Waals surface area contributed by atoms with E-state index in [-0.39, 0.29) is 17.5 Å². The van der Waals surface area contributed by atoms with E-state index in [1.807, 2.05) is 25.1 Å². The summed E-state index contributed by atoms with van der Waals surface area (Å²) in [6, 6.07) is 8.90. The van der Waals surface area contributed by atoms with Gasteiger partial charge in [0, 0.05) is 24.7 Å². The summed E-state index contributed by atoms with van der Waals surface area (Å²) in [4.78, 5) is 23.6. The molecule has 0 aliphatic heterocycles. The second-order valence-electron chi connectivity index (χ2n) is 4.65. The van der Waals surface area contributed by atoms with Crippen LogP contribution >= 0.6 is 0 Å². The molecule has 21 heavy (non-hydrogen) atoms. The number of hydrogen-bond donors (Lipinski definition) is 2. The largest absolute Gasteiger partial charge is 0.361 e. The number of amides is 2. The van der Waals surface area contributed by atoms with Crippen molar-refractivity contribution in [1.82, 2.24) is 15.8 Å². The normalized spacial score (nSPS) is 10.2. The van der Waals surface area contributed by atoms with E-state index in [0.717, 1.165) is 5.56 Å². The molecule has 0 spiro atoms. The van der Waals surface area contributed by atoms with Crippen molar-refractivity contribution in [2.45, 2.75) is 13.8 Å². The van der Waals surface area contributed by atoms with Gasteiger partial charge in [-0.05, 0) is 25.5 Å². The van der Waals surface area contributed by atoms with Gasteiger partial charge in [0.1, 0.15) is 5.76 Å². The van der Waals surface area contributed by atoms with E-state index in [4.69, 9.17) is 4.52 Å². The number of rotatable bonds is 5. The van der Waals surface area contributed by atoms with Crippen molar-refractivity contribution < 1.29 is 14.1 Å². The smallest absolute Gasteiger partial charge is 0.273 e. The molecule has 0 fully saturated rings. The van der Waals surface area contributed by atoms with Crippen LogP contribution < -0.4 is 10.6 Å². The number of hydrogen-bond acceptors (Lipinski definition) is 4. The molecule has 2 amide bonds. The van der Waals surface area contributed by atoms with E-state index < -0.39 is 0 Å². The molecule has 0 aliphatic carbocycles. The molecule has 110 valence electrons. The molecule has 0 saturated heterocycles. The van der Waals surface area contributed by atoms with Crippen molar-refractivity contribution in [3.05, 3.63) is 52.9 Å². The van der Waals surface area contributed by atoms with Gasteiger partial charge in [0.25, 0.3) is 11.8 Å². The van der Waals surface area contributed by atoms with Gasteiger partial charge in [-0.1, -0.05) is 23.4 Å². The zero-order valence-corrected chi connectivity index (χ0v) is 12.0. The first kappa shape index (κ1) is 14.8. The lowest BCUT2D eigenvalue weighted by Gasteiger charge is -2.07. The van der Waals surface area contributed by atoms with Crippen molar-refractivity contribution in [1.29, 1.82) is 0 Å². The Kier molecular flexibility index (Phi) is 4.71. The van der Waals surface area contributed by atoms with Crippen molar-refractivity contribution in [2.75, 3.05) is 13.1 Å². The summed E-state index contributed by atoms with van der Waals surface area (Å²) in [6.07, 6.45) is 0. The van der Waals surface area contributed by atoms with Crippen LogP contribution in [0.15, 0.2) is 34.9 Å². The van der Waals surface area contributed by atoms with Crippen molar-refractivity contribution in [3.8, 4) is 0 Å². The highest BCUT2D eigenvalue weighted by molar-refractivity contribution is 5.95. The summed E-state index contributed by atoms with van der Waals surface area (Å²) in [6.45, 7) is 4.26. The summed E-state index contributed by atoms with van der Waals surface area (Å²) in [5.41, 5.74) is 1.78. The third-order valence-electron chi connectivity index (χ3n) is 2.95. The highest BCUT2D eigenvalue weighted by atomic mass is 16.5. The maximum atomic E-state index is 11.9. The van der Waals surface area contributed by atoms with E-state index in [2.05, 4.69) is 15.8 Å². The molecule has 0 aliphatic rings. The average Bonchev–Trinajstić information content (AvgIpc) is 2.90. The van der Waals surface area contributed by atoms with Gasteiger partial charge < -0.3 is 15.2 Å². The lowest BCUT2D eigenvalue weighted by Crippen LogP contribution is -2.35. The fourth-order valence-corrected chi connectivity index (χ4v) is 1.84. The van der Waals surface area contributed by atoms with E-state index in [9.17, 15) is 9.59 Å². The van der Waals surface area contributed by atoms with Gasteiger partial charge in [-0.2, -0.15) is 0 Å². The predicted molar refractivity (Wildman–Crippen MR) is 77.1 cm³/mol. The van der Waals surface area contributed by atoms with Crippen LogP contribution in [-0.2, 0) is 0 Å². The summed E-state index contributed by atoms with van der Waals surface area (Å²) >= 11 is 0. The highest BCUT2D eigenvalue weighted by Gasteiger charge is 2.11. The minimum absolute atomic E-state index is 0.153. The molecule has 6 nitrogen and oxygen atoms in total. The predicted octanol–water partition coefficient (Wildman–Crippen LogP) is 1.45. The Hall–Kier alpha value is -2.63. The van der Waals surface area contributed by atoms with Crippen LogP contribution in [0.25, 0.3) is 0 Å². The lowest BCUT2D eigenvalue weighted by atomic mass is 10.1. The van der Waals surface area contributed by atoms with Gasteiger partial charge in [-0.3, -0.25) is 9.59 Å². The molecule has 0 saturated carbocycles. The second-order valence-corrected chi connectivity index (χ2v) is 4.65. The zero-order chi connectivity index (χ0) is 15.2. The molecular weight excluding hydrogens is 270 g/mol. The van der Waals surface area contributed by atoms with Crippen molar-refractivity contribution in [2.24, 2.45) is 0 Å². The number of aryl methyl sites for hydroxylation is 2. The fourth-order valence-electron chi connectivity index (χ4n) is 1.84. The maximum absolute atomic E-state index is 11.9. The van der Waals surface area contributed by atoms with Crippen LogP contribution in [0.5, 0.6) is 0 Å². The number of carbonyl (C=O) groups excluding carboxylic acids is 2. The molecule has 0 unspecified atom stereocenters. The quantitative estimate of drug-likeness (QED) is 0.815. The number of aromatic nitrogens is 1. The van der Waals surface area contributed by atoms with E-state index in [0.29, 0.717) is 24.4 Å². The molecule has 1 aromatic heterocycles. The van der Waals surface area contributed by atoms with Gasteiger partial charge in [0.15, 0.2) is 5.69 Å². The van der Waals surface area contributed by atoms with E-state index in [1.54, 1.807) is 19.1 Å². The van der Waals surface area contributed by atoms with E-state index in [1.165, 1.54) is 0 Å². The van der Waals surface area contributed by atoms with Crippen LogP contribution in [0.3, 0.4) is 0 Å². The summed E-state index contributed by atoms with van der Waals surface area (Å²) < 4.78 is 4.82. The second kappa shape index (κ2) is 6.69. The molecule has 6 heteroatoms. The summed E-state index contributed by atoms with van der Waals surface area (Å²) in [7, 11) is 0. The first-order chi connectivity index (χ1) is 10.1. The standard InChI is InChI=1S/C15H17N3O3/c1-10-5-3-4-6-12(10)14(19)16-7-8-17-15(20)13-9-11(2)21-18-13/h3-6,9H,7-8H2,1-2H3,(H,16,19)(H,17,20). The zero-order valence-electron chi connectivity index (χ0n) is 12.0. The Morgan fingerprint density at radius 3 is 2.38 bits per heavy atom. The van der Waals surface area contributed by atoms with Gasteiger partial charge in [-0.25, -0.2) is 0 Å². The molecule has 0 radical (unpaired) electrons. The number of carbonyl (C=O) groups is 2. The number of benzene rings is 1. The van der Waals surface area contributed by atoms with Crippen LogP contribution in [0.2, 0.25) is 0 Å². The Labute approximate surface area is 122 Å². The van der Waals surface area contributed by atoms with Gasteiger partial charge in [0.05, 0.1) is 0 Å². The Morgan fingerprint density at radius 2 is 1.76 bits per heavy atom. The molecule has 2 rings (SSSR count). The Morgan fingerprint density at radius 1 is 1.10 bits per heavy atom. The lowest BCUT2D eigenvalue weighted by molar-refractivity contribution is 0.0922. The summed E-state index contributed by atoms with van der Waals surface area (Å²) in [5, 5.41) is 9.03. The van der Waals surface area contributed by atoms with E-state index >= 15 is 0 Å². The monoisotopic (exact) mass is 287 g/mol. The third-order valence-corrected chi connectivity index (χ3v) is 2.95. The fraction of sp³-hybridized carbons (Fsp3) is 0.267. The van der Waals surface area contributed by atoms with Gasteiger partial charge in [0.2, 0.25) is 0 Å². The molecule has 2 aromatic rings. The molecule has 1 aromatic carbocycles. The molecule has 0 bridgehead atoms. The molecular formula is C15H17N3O3. The maximum Gasteiger partial charge on any atom is 0.273 e. The van der Waals surface area contributed by atoms with Crippen LogP contribution in [0.1, 0.15) is 32.2 Å². The molecule has 0 atom stereocenters. The van der Waals surface area contributed by atoms with Crippen LogP contribution in [0.4, 0.5) is 0 Å². The molecule has 1 heterocycles. The first-order valence-electron chi connectivity index (χ1n) is 6.63. The van der Waals surface area contributed by atoms with Crippen molar-refractivity contribution >= 4 is 11.8 Å². The SMILES string of the molecule is Cc1cc(C(=O)NCCNC(=O)c2ccccc2C)no1. The average molecular weight is 287 g/mol. The molecule has 2 N–H and O–H groups in total. The van der Waals surface area contributed by atoms with Gasteiger partial charge in [-0.15, -0.1) is 0 Å². The highest BCUT2D eigenvalue weighted by Crippen LogP contribution is 2.06. The number of nitrogens with zero attached hydrogens (tertiary/aromatic N) is 1. The minimum atomic E-state index is -0.322. The first-order valence-corrected chi connectivity index (χ1v) is 6.63.